The molecular weight excluding hydrogens is 228 g/mol. The van der Waals surface area contributed by atoms with Crippen molar-refractivity contribution in [2.75, 3.05) is 0 Å². The van der Waals surface area contributed by atoms with E-state index in [-0.39, 0.29) is 5.41 Å². The van der Waals surface area contributed by atoms with Crippen LogP contribution in [0.5, 0.6) is 0 Å². The van der Waals surface area contributed by atoms with Gasteiger partial charge in [0, 0.05) is 5.56 Å². The topological polar surface area (TPSA) is 54.4 Å². The maximum absolute atomic E-state index is 11.6. The molecule has 0 saturated carbocycles. The Labute approximate surface area is 107 Å². The lowest BCUT2D eigenvalue weighted by atomic mass is 9.85. The van der Waals surface area contributed by atoms with E-state index in [1.165, 1.54) is 5.56 Å². The standard InChI is InChI=1S/C15H18O3/c1-4-15(3)7-10-5-9(2)12(6-11(10)8-15)13(16)14(17)18/h5-6H,4,7-8H2,1-3H3,(H,17,18). The van der Waals surface area contributed by atoms with E-state index in [1.807, 2.05) is 6.07 Å². The normalized spacial score (nSPS) is 21.7. The molecule has 96 valence electrons. The Bertz CT molecular complexity index is 531. The molecule has 0 aliphatic heterocycles. The zero-order valence-corrected chi connectivity index (χ0v) is 11.0. The molecule has 0 heterocycles. The van der Waals surface area contributed by atoms with Gasteiger partial charge in [0.1, 0.15) is 0 Å². The van der Waals surface area contributed by atoms with Gasteiger partial charge >= 0.3 is 5.97 Å². The summed E-state index contributed by atoms with van der Waals surface area (Å²) in [7, 11) is 0. The van der Waals surface area contributed by atoms with Crippen LogP contribution in [0.2, 0.25) is 0 Å². The van der Waals surface area contributed by atoms with E-state index in [2.05, 4.69) is 13.8 Å². The van der Waals surface area contributed by atoms with Crippen LogP contribution in [-0.4, -0.2) is 16.9 Å². The van der Waals surface area contributed by atoms with E-state index < -0.39 is 11.8 Å². The summed E-state index contributed by atoms with van der Waals surface area (Å²) < 4.78 is 0. The van der Waals surface area contributed by atoms with Crippen molar-refractivity contribution in [3.8, 4) is 0 Å². The van der Waals surface area contributed by atoms with E-state index in [0.29, 0.717) is 5.56 Å². The summed E-state index contributed by atoms with van der Waals surface area (Å²) in [4.78, 5) is 22.4. The maximum atomic E-state index is 11.6. The van der Waals surface area contributed by atoms with E-state index in [4.69, 9.17) is 5.11 Å². The number of carboxylic acids is 1. The number of benzene rings is 1. The van der Waals surface area contributed by atoms with Gasteiger partial charge in [-0.15, -0.1) is 0 Å². The molecule has 18 heavy (non-hydrogen) atoms. The SMILES string of the molecule is CCC1(C)Cc2cc(C)c(C(=O)C(=O)O)cc2C1. The summed E-state index contributed by atoms with van der Waals surface area (Å²) in [6, 6.07) is 3.76. The maximum Gasteiger partial charge on any atom is 0.377 e. The molecule has 3 heteroatoms. The van der Waals surface area contributed by atoms with Crippen molar-refractivity contribution in [1.29, 1.82) is 0 Å². The average Bonchev–Trinajstić information content (AvgIpc) is 2.63. The number of rotatable bonds is 3. The second kappa shape index (κ2) is 4.23. The van der Waals surface area contributed by atoms with E-state index in [9.17, 15) is 9.59 Å². The second-order valence-corrected chi connectivity index (χ2v) is 5.59. The molecule has 2 rings (SSSR count). The highest BCUT2D eigenvalue weighted by Crippen LogP contribution is 2.40. The molecule has 1 N–H and O–H groups in total. The molecule has 1 atom stereocenters. The van der Waals surface area contributed by atoms with Crippen molar-refractivity contribution in [2.45, 2.75) is 40.0 Å². The van der Waals surface area contributed by atoms with E-state index in [0.717, 1.165) is 30.4 Å². The van der Waals surface area contributed by atoms with Gasteiger partial charge in [-0.05, 0) is 47.9 Å². The number of ketones is 1. The third-order valence-corrected chi connectivity index (χ3v) is 4.07. The van der Waals surface area contributed by atoms with Crippen LogP contribution in [0.1, 0.15) is 47.3 Å². The van der Waals surface area contributed by atoms with Crippen LogP contribution in [0.25, 0.3) is 0 Å². The number of Topliss-reactive ketones (excluding diaryl/α,β-unsaturated/α-hetero) is 1. The summed E-state index contributed by atoms with van der Waals surface area (Å²) in [6.07, 6.45) is 3.03. The minimum absolute atomic E-state index is 0.250. The number of carboxylic acid groups (broad SMARTS) is 1. The van der Waals surface area contributed by atoms with Crippen LogP contribution < -0.4 is 0 Å². The number of carbonyl (C=O) groups excluding carboxylic acids is 1. The van der Waals surface area contributed by atoms with E-state index >= 15 is 0 Å². The van der Waals surface area contributed by atoms with Crippen molar-refractivity contribution < 1.29 is 14.7 Å². The summed E-state index contributed by atoms with van der Waals surface area (Å²) in [5.41, 5.74) is 3.75. The van der Waals surface area contributed by atoms with Crippen LogP contribution in [0.15, 0.2) is 12.1 Å². The summed E-state index contributed by atoms with van der Waals surface area (Å²) >= 11 is 0. The smallest absolute Gasteiger partial charge is 0.377 e. The molecule has 1 aromatic carbocycles. The van der Waals surface area contributed by atoms with E-state index in [1.54, 1.807) is 13.0 Å². The molecule has 0 bridgehead atoms. The molecule has 1 aromatic rings. The number of aryl methyl sites for hydroxylation is 1. The number of aliphatic carboxylic acids is 1. The van der Waals surface area contributed by atoms with Gasteiger partial charge in [0.15, 0.2) is 0 Å². The number of hydrogen-bond donors (Lipinski definition) is 1. The molecule has 0 fully saturated rings. The first-order valence-electron chi connectivity index (χ1n) is 6.26. The third-order valence-electron chi connectivity index (χ3n) is 4.07. The van der Waals surface area contributed by atoms with Crippen molar-refractivity contribution in [3.05, 3.63) is 34.4 Å². The highest BCUT2D eigenvalue weighted by Gasteiger charge is 2.32. The van der Waals surface area contributed by atoms with Crippen LogP contribution in [0.3, 0.4) is 0 Å². The first kappa shape index (κ1) is 12.8. The zero-order chi connectivity index (χ0) is 13.5. The molecule has 1 aliphatic carbocycles. The van der Waals surface area contributed by atoms with Crippen molar-refractivity contribution in [2.24, 2.45) is 5.41 Å². The van der Waals surface area contributed by atoms with Gasteiger partial charge in [-0.2, -0.15) is 0 Å². The number of carbonyl (C=O) groups is 2. The Morgan fingerprint density at radius 3 is 2.33 bits per heavy atom. The summed E-state index contributed by atoms with van der Waals surface area (Å²) in [5, 5.41) is 8.81. The highest BCUT2D eigenvalue weighted by atomic mass is 16.4. The molecule has 1 unspecified atom stereocenters. The Balaban J connectivity index is 2.44. The van der Waals surface area contributed by atoms with Gasteiger partial charge in [-0.25, -0.2) is 4.79 Å². The van der Waals surface area contributed by atoms with Crippen LogP contribution >= 0.6 is 0 Å². The molecule has 0 amide bonds. The fraction of sp³-hybridized carbons (Fsp3) is 0.467. The largest absolute Gasteiger partial charge is 0.475 e. The molecule has 1 aliphatic rings. The third kappa shape index (κ3) is 2.05. The lowest BCUT2D eigenvalue weighted by molar-refractivity contribution is -0.131. The van der Waals surface area contributed by atoms with Gasteiger partial charge in [-0.3, -0.25) is 4.79 Å². The Kier molecular flexibility index (Phi) is 3.01. The predicted octanol–water partition coefficient (Wildman–Crippen LogP) is 2.78. The lowest BCUT2D eigenvalue weighted by Crippen LogP contribution is -2.15. The summed E-state index contributed by atoms with van der Waals surface area (Å²) in [5.74, 6) is -2.19. The summed E-state index contributed by atoms with van der Waals surface area (Å²) in [6.45, 7) is 6.21. The molecular formula is C15H18O3. The van der Waals surface area contributed by atoms with Gasteiger partial charge in [0.25, 0.3) is 5.78 Å². The average molecular weight is 246 g/mol. The van der Waals surface area contributed by atoms with Crippen molar-refractivity contribution >= 4 is 11.8 Å². The first-order chi connectivity index (χ1) is 8.36. The number of hydrogen-bond acceptors (Lipinski definition) is 2. The van der Waals surface area contributed by atoms with Crippen LogP contribution in [0, 0.1) is 12.3 Å². The highest BCUT2D eigenvalue weighted by molar-refractivity contribution is 6.40. The fourth-order valence-electron chi connectivity index (χ4n) is 2.73. The predicted molar refractivity (Wildman–Crippen MR) is 69.0 cm³/mol. The molecule has 0 radical (unpaired) electrons. The van der Waals surface area contributed by atoms with Gasteiger partial charge < -0.3 is 5.11 Å². The Hall–Kier alpha value is -1.64. The van der Waals surface area contributed by atoms with Gasteiger partial charge in [0.05, 0.1) is 0 Å². The van der Waals surface area contributed by atoms with Crippen molar-refractivity contribution in [3.63, 3.8) is 0 Å². The zero-order valence-electron chi connectivity index (χ0n) is 11.0. The molecule has 0 saturated heterocycles. The lowest BCUT2D eigenvalue weighted by Gasteiger charge is -2.20. The minimum atomic E-state index is -1.38. The molecule has 3 nitrogen and oxygen atoms in total. The van der Waals surface area contributed by atoms with Crippen LogP contribution in [0.4, 0.5) is 0 Å². The second-order valence-electron chi connectivity index (χ2n) is 5.59. The molecule has 0 spiro atoms. The Morgan fingerprint density at radius 2 is 1.83 bits per heavy atom. The van der Waals surface area contributed by atoms with Gasteiger partial charge in [0.2, 0.25) is 0 Å². The fourth-order valence-corrected chi connectivity index (χ4v) is 2.73. The van der Waals surface area contributed by atoms with Crippen molar-refractivity contribution in [1.82, 2.24) is 0 Å². The quantitative estimate of drug-likeness (QED) is 0.659. The Morgan fingerprint density at radius 1 is 1.28 bits per heavy atom. The minimum Gasteiger partial charge on any atom is -0.475 e. The first-order valence-corrected chi connectivity index (χ1v) is 6.26. The van der Waals surface area contributed by atoms with Crippen LogP contribution in [-0.2, 0) is 17.6 Å². The van der Waals surface area contributed by atoms with Gasteiger partial charge in [-0.1, -0.05) is 26.3 Å². The number of fused-ring (bicyclic) bond motifs is 1. The molecule has 0 aromatic heterocycles. The monoisotopic (exact) mass is 246 g/mol.